The van der Waals surface area contributed by atoms with Crippen molar-refractivity contribution in [2.75, 3.05) is 0 Å². The molecule has 0 saturated carbocycles. The first kappa shape index (κ1) is 8.69. The van der Waals surface area contributed by atoms with E-state index in [9.17, 15) is 0 Å². The lowest BCUT2D eigenvalue weighted by molar-refractivity contribution is 0.994. The summed E-state index contributed by atoms with van der Waals surface area (Å²) < 4.78 is 0. The number of rotatable bonds is 3. The minimum atomic E-state index is 0.625. The summed E-state index contributed by atoms with van der Waals surface area (Å²) in [6.07, 6.45) is 5.47. The zero-order valence-electron chi connectivity index (χ0n) is 7.72. The van der Waals surface area contributed by atoms with Crippen molar-refractivity contribution in [3.63, 3.8) is 0 Å². The maximum atomic E-state index is 4.27. The quantitative estimate of drug-likeness (QED) is 0.730. The highest BCUT2D eigenvalue weighted by molar-refractivity contribution is 5.76. The zero-order valence-corrected chi connectivity index (χ0v) is 7.72. The van der Waals surface area contributed by atoms with Gasteiger partial charge < -0.3 is 4.98 Å². The van der Waals surface area contributed by atoms with E-state index in [1.54, 1.807) is 6.20 Å². The van der Waals surface area contributed by atoms with Gasteiger partial charge in [0.2, 0.25) is 0 Å². The van der Waals surface area contributed by atoms with E-state index in [0.717, 1.165) is 11.4 Å². The molecule has 2 aromatic rings. The smallest absolute Gasteiger partial charge is 0.0812 e. The molecular formula is C11H11N3. The predicted molar refractivity (Wildman–Crippen MR) is 56.3 cm³/mol. The number of aliphatic imine (C=N–C) groups is 1. The van der Waals surface area contributed by atoms with E-state index in [4.69, 9.17) is 0 Å². The number of hydrogen-bond donors (Lipinski definition) is 1. The summed E-state index contributed by atoms with van der Waals surface area (Å²) in [5, 5.41) is 0. The van der Waals surface area contributed by atoms with Crippen LogP contribution in [0.15, 0.2) is 47.7 Å². The summed E-state index contributed by atoms with van der Waals surface area (Å²) in [6.45, 7) is 0.625. The number of nitrogens with zero attached hydrogens (tertiary/aromatic N) is 2. The van der Waals surface area contributed by atoms with Gasteiger partial charge in [0.1, 0.15) is 0 Å². The van der Waals surface area contributed by atoms with Gasteiger partial charge in [0, 0.05) is 18.6 Å². The van der Waals surface area contributed by atoms with Gasteiger partial charge in [-0.05, 0) is 24.3 Å². The number of nitrogens with one attached hydrogen (secondary N) is 1. The van der Waals surface area contributed by atoms with Crippen LogP contribution < -0.4 is 0 Å². The van der Waals surface area contributed by atoms with Crippen molar-refractivity contribution >= 4 is 6.21 Å². The highest BCUT2D eigenvalue weighted by atomic mass is 14.8. The van der Waals surface area contributed by atoms with Crippen LogP contribution in [0.25, 0.3) is 0 Å². The number of hydrogen-bond acceptors (Lipinski definition) is 2. The summed E-state index contributed by atoms with van der Waals surface area (Å²) in [6, 6.07) is 9.75. The summed E-state index contributed by atoms with van der Waals surface area (Å²) in [4.78, 5) is 11.5. The average Bonchev–Trinajstić information content (AvgIpc) is 2.72. The highest BCUT2D eigenvalue weighted by Crippen LogP contribution is 1.96. The lowest BCUT2D eigenvalue weighted by Crippen LogP contribution is -1.87. The van der Waals surface area contributed by atoms with Crippen molar-refractivity contribution in [3.8, 4) is 0 Å². The van der Waals surface area contributed by atoms with Crippen LogP contribution in [-0.4, -0.2) is 16.2 Å². The molecule has 2 aromatic heterocycles. The average molecular weight is 185 g/mol. The van der Waals surface area contributed by atoms with Crippen molar-refractivity contribution in [3.05, 3.63) is 54.1 Å². The topological polar surface area (TPSA) is 41.0 Å². The number of H-pyrrole nitrogens is 1. The minimum absolute atomic E-state index is 0.625. The fourth-order valence-electron chi connectivity index (χ4n) is 1.15. The van der Waals surface area contributed by atoms with E-state index in [-0.39, 0.29) is 0 Å². The molecule has 0 saturated heterocycles. The Kier molecular flexibility index (Phi) is 2.71. The van der Waals surface area contributed by atoms with Gasteiger partial charge in [-0.2, -0.15) is 0 Å². The second-order valence-electron chi connectivity index (χ2n) is 2.92. The van der Waals surface area contributed by atoms with Crippen LogP contribution in [0.2, 0.25) is 0 Å². The van der Waals surface area contributed by atoms with E-state index < -0.39 is 0 Å². The third-order valence-corrected chi connectivity index (χ3v) is 1.83. The first-order valence-corrected chi connectivity index (χ1v) is 4.48. The molecule has 14 heavy (non-hydrogen) atoms. The molecule has 0 radical (unpaired) electrons. The Morgan fingerprint density at radius 3 is 3.00 bits per heavy atom. The van der Waals surface area contributed by atoms with Crippen LogP contribution in [0.5, 0.6) is 0 Å². The van der Waals surface area contributed by atoms with Crippen molar-refractivity contribution in [1.82, 2.24) is 9.97 Å². The third-order valence-electron chi connectivity index (χ3n) is 1.83. The molecule has 0 unspecified atom stereocenters. The fraction of sp³-hybridized carbons (Fsp3) is 0.0909. The first-order chi connectivity index (χ1) is 6.95. The second-order valence-corrected chi connectivity index (χ2v) is 2.92. The maximum Gasteiger partial charge on any atom is 0.0812 e. The summed E-state index contributed by atoms with van der Waals surface area (Å²) in [5.74, 6) is 0. The molecule has 0 amide bonds. The molecule has 0 aliphatic heterocycles. The van der Waals surface area contributed by atoms with Crippen LogP contribution >= 0.6 is 0 Å². The van der Waals surface area contributed by atoms with Gasteiger partial charge in [0.15, 0.2) is 0 Å². The molecule has 0 spiro atoms. The molecule has 0 fully saturated rings. The van der Waals surface area contributed by atoms with E-state index in [0.29, 0.717) is 6.54 Å². The maximum absolute atomic E-state index is 4.27. The van der Waals surface area contributed by atoms with Gasteiger partial charge in [-0.25, -0.2) is 0 Å². The van der Waals surface area contributed by atoms with Crippen molar-refractivity contribution < 1.29 is 0 Å². The standard InChI is InChI=1S/C11H11N3/c1-2-6-13-10(4-1)8-12-9-11-5-3-7-14-11/h1-7,9,14H,8H2. The van der Waals surface area contributed by atoms with Crippen LogP contribution in [0.4, 0.5) is 0 Å². The first-order valence-electron chi connectivity index (χ1n) is 4.48. The normalized spacial score (nSPS) is 10.9. The second kappa shape index (κ2) is 4.37. The van der Waals surface area contributed by atoms with Crippen molar-refractivity contribution in [1.29, 1.82) is 0 Å². The molecular weight excluding hydrogens is 174 g/mol. The Bertz CT molecular complexity index is 390. The van der Waals surface area contributed by atoms with Crippen molar-refractivity contribution in [2.45, 2.75) is 6.54 Å². The van der Waals surface area contributed by atoms with Crippen molar-refractivity contribution in [2.24, 2.45) is 4.99 Å². The molecule has 0 aromatic carbocycles. The Labute approximate surface area is 82.5 Å². The molecule has 70 valence electrons. The predicted octanol–water partition coefficient (Wildman–Crippen LogP) is 2.03. The number of pyridine rings is 1. The summed E-state index contributed by atoms with van der Waals surface area (Å²) >= 11 is 0. The van der Waals surface area contributed by atoms with Crippen LogP contribution in [0.1, 0.15) is 11.4 Å². The van der Waals surface area contributed by atoms with Gasteiger partial charge >= 0.3 is 0 Å². The van der Waals surface area contributed by atoms with Crippen LogP contribution in [0, 0.1) is 0 Å². The third kappa shape index (κ3) is 2.29. The van der Waals surface area contributed by atoms with Crippen LogP contribution in [0.3, 0.4) is 0 Å². The fourth-order valence-corrected chi connectivity index (χ4v) is 1.15. The summed E-state index contributed by atoms with van der Waals surface area (Å²) in [5.41, 5.74) is 2.00. The van der Waals surface area contributed by atoms with E-state index in [2.05, 4.69) is 15.0 Å². The lowest BCUT2D eigenvalue weighted by atomic mass is 10.3. The molecule has 2 rings (SSSR count). The summed E-state index contributed by atoms with van der Waals surface area (Å²) in [7, 11) is 0. The number of aromatic nitrogens is 2. The monoisotopic (exact) mass is 185 g/mol. The molecule has 1 N–H and O–H groups in total. The van der Waals surface area contributed by atoms with Gasteiger partial charge in [-0.3, -0.25) is 9.98 Å². The van der Waals surface area contributed by atoms with Gasteiger partial charge in [0.05, 0.1) is 17.9 Å². The SMILES string of the molecule is C(=NCc1ccccn1)c1ccc[nH]1. The molecule has 3 nitrogen and oxygen atoms in total. The van der Waals surface area contributed by atoms with E-state index >= 15 is 0 Å². The zero-order chi connectivity index (χ0) is 9.64. The van der Waals surface area contributed by atoms with Crippen LogP contribution in [-0.2, 0) is 6.54 Å². The molecule has 0 bridgehead atoms. The Morgan fingerprint density at radius 2 is 2.29 bits per heavy atom. The number of aromatic amines is 1. The molecule has 0 aliphatic carbocycles. The Hall–Kier alpha value is -1.90. The molecule has 0 aliphatic rings. The molecule has 3 heteroatoms. The van der Waals surface area contributed by atoms with Gasteiger partial charge in [0.25, 0.3) is 0 Å². The van der Waals surface area contributed by atoms with E-state index in [1.807, 2.05) is 42.7 Å². The Balaban J connectivity index is 1.95. The molecule has 0 atom stereocenters. The van der Waals surface area contributed by atoms with Gasteiger partial charge in [-0.15, -0.1) is 0 Å². The minimum Gasteiger partial charge on any atom is -0.360 e. The largest absolute Gasteiger partial charge is 0.360 e. The molecule has 2 heterocycles. The highest BCUT2D eigenvalue weighted by Gasteiger charge is 1.88. The van der Waals surface area contributed by atoms with Gasteiger partial charge in [-0.1, -0.05) is 6.07 Å². The lowest BCUT2D eigenvalue weighted by Gasteiger charge is -1.92. The van der Waals surface area contributed by atoms with E-state index in [1.165, 1.54) is 0 Å². The Morgan fingerprint density at radius 1 is 1.29 bits per heavy atom.